The Bertz CT molecular complexity index is 2270. The summed E-state index contributed by atoms with van der Waals surface area (Å²) in [5.41, 5.74) is 5.97. The molecule has 222 valence electrons. The maximum atomic E-state index is 13.7. The van der Waals surface area contributed by atoms with Gasteiger partial charge >= 0.3 is 0 Å². The topological polar surface area (TPSA) is 74.5 Å². The number of hydrogen-bond donors (Lipinski definition) is 0. The molecule has 4 aromatic carbocycles. The highest BCUT2D eigenvalue weighted by Gasteiger charge is 2.17. The third kappa shape index (κ3) is 5.65. The van der Waals surface area contributed by atoms with Crippen LogP contribution in [0, 0.1) is 13.8 Å². The molecule has 45 heavy (non-hydrogen) atoms. The zero-order chi connectivity index (χ0) is 31.1. The summed E-state index contributed by atoms with van der Waals surface area (Å²) in [5.74, 6) is 1.58. The normalized spacial score (nSPS) is 11.6. The highest BCUT2D eigenvalue weighted by Crippen LogP contribution is 2.28. The van der Waals surface area contributed by atoms with Crippen molar-refractivity contribution in [3.63, 3.8) is 0 Å². The first-order chi connectivity index (χ1) is 21.9. The van der Waals surface area contributed by atoms with Crippen LogP contribution in [0.15, 0.2) is 126 Å². The van der Waals surface area contributed by atoms with Crippen molar-refractivity contribution in [1.29, 1.82) is 0 Å². The number of benzene rings is 4. The molecule has 0 aliphatic heterocycles. The SMILES string of the molecule is Cc1cc(C=Nn2c(-c3cc4ccccc4o3)nc3ccccc3c2=O)c(C)n1-c1ccc(OCc2ccc(Br)cc2Br)cc1. The molecule has 7 rings (SSSR count). The van der Waals surface area contributed by atoms with E-state index in [1.54, 1.807) is 12.3 Å². The van der Waals surface area contributed by atoms with Gasteiger partial charge in [0.15, 0.2) is 5.76 Å². The van der Waals surface area contributed by atoms with E-state index in [0.29, 0.717) is 34.7 Å². The van der Waals surface area contributed by atoms with E-state index in [0.717, 1.165) is 48.3 Å². The Morgan fingerprint density at radius 3 is 2.49 bits per heavy atom. The van der Waals surface area contributed by atoms with Crippen molar-refractivity contribution in [1.82, 2.24) is 14.2 Å². The lowest BCUT2D eigenvalue weighted by Gasteiger charge is -2.12. The van der Waals surface area contributed by atoms with Crippen LogP contribution in [0.3, 0.4) is 0 Å². The highest BCUT2D eigenvalue weighted by atomic mass is 79.9. The average Bonchev–Trinajstić information content (AvgIpc) is 3.60. The molecule has 0 N–H and O–H groups in total. The fourth-order valence-corrected chi connectivity index (χ4v) is 6.57. The molecule has 3 heterocycles. The van der Waals surface area contributed by atoms with Gasteiger partial charge in [-0.3, -0.25) is 4.79 Å². The lowest BCUT2D eigenvalue weighted by atomic mass is 10.2. The minimum absolute atomic E-state index is 0.271. The van der Waals surface area contributed by atoms with Gasteiger partial charge in [0.25, 0.3) is 5.56 Å². The molecule has 0 saturated heterocycles. The number of hydrogen-bond acceptors (Lipinski definition) is 5. The standard InChI is InChI=1S/C36H26Br2N4O3/c1-22-17-26(23(2)41(22)28-13-15-29(16-14-28)44-21-25-11-12-27(37)19-31(25)38)20-39-42-35(34-18-24-7-3-6-10-33(24)45-34)40-32-9-5-4-8-30(32)36(42)43/h3-20H,21H2,1-2H3. The molecular formula is C36H26Br2N4O3. The van der Waals surface area contributed by atoms with Gasteiger partial charge in [0.05, 0.1) is 17.1 Å². The summed E-state index contributed by atoms with van der Waals surface area (Å²) in [4.78, 5) is 18.5. The number of furan rings is 1. The van der Waals surface area contributed by atoms with Crippen LogP contribution in [-0.2, 0) is 6.61 Å². The van der Waals surface area contributed by atoms with E-state index in [4.69, 9.17) is 14.1 Å². The molecular weight excluding hydrogens is 696 g/mol. The third-order valence-corrected chi connectivity index (χ3v) is 8.92. The number of para-hydroxylation sites is 2. The van der Waals surface area contributed by atoms with Crippen molar-refractivity contribution in [2.45, 2.75) is 20.5 Å². The summed E-state index contributed by atoms with van der Waals surface area (Å²) in [6.07, 6.45) is 1.70. The van der Waals surface area contributed by atoms with Crippen molar-refractivity contribution in [2.24, 2.45) is 5.10 Å². The maximum absolute atomic E-state index is 13.7. The molecule has 0 aliphatic carbocycles. The second kappa shape index (κ2) is 12.0. The van der Waals surface area contributed by atoms with Crippen LogP contribution in [0.25, 0.3) is 39.1 Å². The number of aromatic nitrogens is 3. The van der Waals surface area contributed by atoms with Crippen molar-refractivity contribution in [3.05, 3.63) is 145 Å². The molecule has 0 atom stereocenters. The Morgan fingerprint density at radius 2 is 1.69 bits per heavy atom. The van der Waals surface area contributed by atoms with Gasteiger partial charge < -0.3 is 13.7 Å². The first-order valence-corrected chi connectivity index (χ1v) is 15.9. The highest BCUT2D eigenvalue weighted by molar-refractivity contribution is 9.11. The van der Waals surface area contributed by atoms with E-state index >= 15 is 0 Å². The number of halogens is 2. The zero-order valence-corrected chi connectivity index (χ0v) is 27.5. The number of rotatable bonds is 7. The lowest BCUT2D eigenvalue weighted by Crippen LogP contribution is -2.20. The van der Waals surface area contributed by atoms with E-state index in [2.05, 4.69) is 47.6 Å². The molecule has 0 unspecified atom stereocenters. The molecule has 3 aromatic heterocycles. The number of aryl methyl sites for hydroxylation is 1. The Balaban J connectivity index is 1.20. The zero-order valence-electron chi connectivity index (χ0n) is 24.4. The van der Waals surface area contributed by atoms with Crippen molar-refractivity contribution >= 4 is 59.9 Å². The quantitative estimate of drug-likeness (QED) is 0.154. The van der Waals surface area contributed by atoms with Crippen LogP contribution in [-0.4, -0.2) is 20.4 Å². The maximum Gasteiger partial charge on any atom is 0.282 e. The van der Waals surface area contributed by atoms with Crippen molar-refractivity contribution in [2.75, 3.05) is 0 Å². The molecule has 9 heteroatoms. The summed E-state index contributed by atoms with van der Waals surface area (Å²) in [7, 11) is 0. The number of ether oxygens (including phenoxy) is 1. The van der Waals surface area contributed by atoms with Crippen LogP contribution < -0.4 is 10.3 Å². The fraction of sp³-hybridized carbons (Fsp3) is 0.0833. The van der Waals surface area contributed by atoms with Gasteiger partial charge in [-0.05, 0) is 80.6 Å². The smallest absolute Gasteiger partial charge is 0.282 e. The lowest BCUT2D eigenvalue weighted by molar-refractivity contribution is 0.305. The van der Waals surface area contributed by atoms with Gasteiger partial charge in [-0.2, -0.15) is 9.78 Å². The molecule has 0 radical (unpaired) electrons. The third-order valence-electron chi connectivity index (χ3n) is 7.69. The minimum Gasteiger partial charge on any atom is -0.489 e. The number of fused-ring (bicyclic) bond motifs is 2. The van der Waals surface area contributed by atoms with E-state index in [1.165, 1.54) is 4.68 Å². The molecule has 7 aromatic rings. The summed E-state index contributed by atoms with van der Waals surface area (Å²) in [6.45, 7) is 4.53. The van der Waals surface area contributed by atoms with Gasteiger partial charge in [0.1, 0.15) is 17.9 Å². The first kappa shape index (κ1) is 29.0. The molecule has 0 aliphatic rings. The first-order valence-electron chi connectivity index (χ1n) is 14.3. The van der Waals surface area contributed by atoms with E-state index < -0.39 is 0 Å². The number of nitrogens with zero attached hydrogens (tertiary/aromatic N) is 4. The molecule has 0 fully saturated rings. The second-order valence-electron chi connectivity index (χ2n) is 10.6. The monoisotopic (exact) mass is 720 g/mol. The van der Waals surface area contributed by atoms with E-state index in [-0.39, 0.29) is 5.56 Å². The second-order valence-corrected chi connectivity index (χ2v) is 12.4. The van der Waals surface area contributed by atoms with Crippen molar-refractivity contribution in [3.8, 4) is 23.0 Å². The van der Waals surface area contributed by atoms with Gasteiger partial charge in [0.2, 0.25) is 5.82 Å². The average molecular weight is 722 g/mol. The minimum atomic E-state index is -0.271. The summed E-state index contributed by atoms with van der Waals surface area (Å²) in [5, 5.41) is 6.08. The van der Waals surface area contributed by atoms with Gasteiger partial charge in [-0.15, -0.1) is 0 Å². The van der Waals surface area contributed by atoms with Crippen LogP contribution in [0.2, 0.25) is 0 Å². The summed E-state index contributed by atoms with van der Waals surface area (Å²) >= 11 is 7.08. The van der Waals surface area contributed by atoms with E-state index in [1.807, 2.05) is 105 Å². The predicted octanol–water partition coefficient (Wildman–Crippen LogP) is 9.20. The Morgan fingerprint density at radius 1 is 0.911 bits per heavy atom. The fourth-order valence-electron chi connectivity index (χ4n) is 5.41. The summed E-state index contributed by atoms with van der Waals surface area (Å²) < 4.78 is 17.6. The van der Waals surface area contributed by atoms with Crippen LogP contribution in [0.4, 0.5) is 0 Å². The van der Waals surface area contributed by atoms with Gasteiger partial charge in [-0.25, -0.2) is 4.98 Å². The van der Waals surface area contributed by atoms with Crippen molar-refractivity contribution < 1.29 is 9.15 Å². The Labute approximate surface area is 275 Å². The molecule has 0 saturated carbocycles. The summed E-state index contributed by atoms with van der Waals surface area (Å²) in [6, 6.07) is 32.9. The molecule has 0 amide bonds. The molecule has 0 bridgehead atoms. The van der Waals surface area contributed by atoms with Gasteiger partial charge in [-0.1, -0.05) is 68.3 Å². The van der Waals surface area contributed by atoms with E-state index in [9.17, 15) is 4.79 Å². The molecule has 7 nitrogen and oxygen atoms in total. The largest absolute Gasteiger partial charge is 0.489 e. The Hall–Kier alpha value is -4.73. The Kier molecular flexibility index (Phi) is 7.73. The predicted molar refractivity (Wildman–Crippen MR) is 186 cm³/mol. The molecule has 0 spiro atoms. The van der Waals surface area contributed by atoms with Crippen LogP contribution >= 0.6 is 31.9 Å². The van der Waals surface area contributed by atoms with Crippen LogP contribution in [0.1, 0.15) is 22.5 Å². The van der Waals surface area contributed by atoms with Crippen LogP contribution in [0.5, 0.6) is 5.75 Å². The van der Waals surface area contributed by atoms with Gasteiger partial charge in [0, 0.05) is 42.5 Å².